The first-order valence-corrected chi connectivity index (χ1v) is 7.59. The smallest absolute Gasteiger partial charge is 0.246 e. The molecule has 1 fully saturated rings. The highest BCUT2D eigenvalue weighted by Crippen LogP contribution is 2.23. The Kier molecular flexibility index (Phi) is 4.80. The van der Waals surface area contributed by atoms with E-state index in [0.29, 0.717) is 0 Å². The molecule has 1 aliphatic rings. The molecule has 4 heteroatoms. The van der Waals surface area contributed by atoms with Gasteiger partial charge in [-0.2, -0.15) is 0 Å². The summed E-state index contributed by atoms with van der Waals surface area (Å²) < 4.78 is 1.10. The molecule has 92 valence electrons. The van der Waals surface area contributed by atoms with Crippen molar-refractivity contribution in [3.63, 3.8) is 0 Å². The normalized spacial score (nSPS) is 17.4. The number of likely N-dealkylation sites (tertiary alicyclic amines) is 1. The molecule has 2 nitrogen and oxygen atoms in total. The minimum Gasteiger partial charge on any atom is -0.339 e. The Balaban J connectivity index is 1.93. The number of thiophene rings is 1. The predicted octanol–water partition coefficient (Wildman–Crippen LogP) is 3.93. The summed E-state index contributed by atoms with van der Waals surface area (Å²) in [6, 6.07) is 4.02. The molecule has 0 spiro atoms. The quantitative estimate of drug-likeness (QED) is 0.758. The summed E-state index contributed by atoms with van der Waals surface area (Å²) >= 11 is 5.05. The third-order valence-electron chi connectivity index (χ3n) is 2.90. The van der Waals surface area contributed by atoms with Crippen molar-refractivity contribution in [2.24, 2.45) is 0 Å². The fourth-order valence-electron chi connectivity index (χ4n) is 1.97. The highest BCUT2D eigenvalue weighted by atomic mass is 79.9. The SMILES string of the molecule is O=C(/C=C\c1ccc(Br)s1)N1CCCCCC1. The molecule has 1 aromatic rings. The van der Waals surface area contributed by atoms with Gasteiger partial charge in [0.2, 0.25) is 5.91 Å². The zero-order chi connectivity index (χ0) is 12.1. The number of hydrogen-bond donors (Lipinski definition) is 0. The lowest BCUT2D eigenvalue weighted by Gasteiger charge is -2.17. The molecule has 0 N–H and O–H groups in total. The van der Waals surface area contributed by atoms with Crippen molar-refractivity contribution in [3.8, 4) is 0 Å². The Morgan fingerprint density at radius 3 is 2.53 bits per heavy atom. The first kappa shape index (κ1) is 12.8. The maximum absolute atomic E-state index is 12.0. The Labute approximate surface area is 114 Å². The zero-order valence-electron chi connectivity index (χ0n) is 9.69. The predicted molar refractivity (Wildman–Crippen MR) is 76.1 cm³/mol. The van der Waals surface area contributed by atoms with Crippen LogP contribution in [0.4, 0.5) is 0 Å². The summed E-state index contributed by atoms with van der Waals surface area (Å²) in [5, 5.41) is 0. The maximum Gasteiger partial charge on any atom is 0.246 e. The third kappa shape index (κ3) is 3.96. The molecule has 1 aliphatic heterocycles. The van der Waals surface area contributed by atoms with E-state index < -0.39 is 0 Å². The number of amides is 1. The monoisotopic (exact) mass is 313 g/mol. The van der Waals surface area contributed by atoms with E-state index in [2.05, 4.69) is 15.9 Å². The van der Waals surface area contributed by atoms with Crippen molar-refractivity contribution in [2.75, 3.05) is 13.1 Å². The van der Waals surface area contributed by atoms with Gasteiger partial charge in [-0.05, 0) is 47.0 Å². The van der Waals surface area contributed by atoms with Crippen LogP contribution in [-0.4, -0.2) is 23.9 Å². The molecule has 0 aromatic carbocycles. The molecule has 0 bridgehead atoms. The largest absolute Gasteiger partial charge is 0.339 e. The fraction of sp³-hybridized carbons (Fsp3) is 0.462. The molecule has 0 radical (unpaired) electrons. The van der Waals surface area contributed by atoms with E-state index in [4.69, 9.17) is 0 Å². The number of carbonyl (C=O) groups excluding carboxylic acids is 1. The summed E-state index contributed by atoms with van der Waals surface area (Å²) in [4.78, 5) is 15.0. The first-order valence-electron chi connectivity index (χ1n) is 5.98. The molecule has 2 rings (SSSR count). The molecule has 17 heavy (non-hydrogen) atoms. The first-order chi connectivity index (χ1) is 8.25. The van der Waals surface area contributed by atoms with Gasteiger partial charge in [0.05, 0.1) is 3.79 Å². The lowest BCUT2D eigenvalue weighted by atomic mass is 10.2. The Morgan fingerprint density at radius 2 is 1.94 bits per heavy atom. The van der Waals surface area contributed by atoms with E-state index in [1.807, 2.05) is 23.1 Å². The summed E-state index contributed by atoms with van der Waals surface area (Å²) in [5.41, 5.74) is 0. The van der Waals surface area contributed by atoms with E-state index in [0.717, 1.165) is 34.6 Å². The van der Waals surface area contributed by atoms with Gasteiger partial charge in [0.1, 0.15) is 0 Å². The maximum atomic E-state index is 12.0. The number of hydrogen-bond acceptors (Lipinski definition) is 2. The molecule has 0 atom stereocenters. The fourth-order valence-corrected chi connectivity index (χ4v) is 3.29. The van der Waals surface area contributed by atoms with Gasteiger partial charge in [0.15, 0.2) is 0 Å². The van der Waals surface area contributed by atoms with Crippen LogP contribution in [0.1, 0.15) is 30.6 Å². The van der Waals surface area contributed by atoms with Crippen LogP contribution in [0.5, 0.6) is 0 Å². The molecular weight excluding hydrogens is 298 g/mol. The third-order valence-corrected chi connectivity index (χ3v) is 4.49. The van der Waals surface area contributed by atoms with E-state index >= 15 is 0 Å². The van der Waals surface area contributed by atoms with Crippen molar-refractivity contribution in [3.05, 3.63) is 26.9 Å². The van der Waals surface area contributed by atoms with Crippen molar-refractivity contribution in [1.29, 1.82) is 0 Å². The van der Waals surface area contributed by atoms with E-state index in [1.165, 1.54) is 12.8 Å². The molecule has 2 heterocycles. The van der Waals surface area contributed by atoms with Crippen molar-refractivity contribution in [2.45, 2.75) is 25.7 Å². The average Bonchev–Trinajstić information content (AvgIpc) is 2.58. The average molecular weight is 314 g/mol. The van der Waals surface area contributed by atoms with E-state index in [9.17, 15) is 4.79 Å². The Bertz CT molecular complexity index is 405. The van der Waals surface area contributed by atoms with Gasteiger partial charge in [-0.3, -0.25) is 4.79 Å². The van der Waals surface area contributed by atoms with Crippen molar-refractivity contribution < 1.29 is 4.79 Å². The minimum absolute atomic E-state index is 0.149. The minimum atomic E-state index is 0.149. The van der Waals surface area contributed by atoms with Crippen LogP contribution < -0.4 is 0 Å². The van der Waals surface area contributed by atoms with Crippen LogP contribution in [0.2, 0.25) is 0 Å². The van der Waals surface area contributed by atoms with Crippen molar-refractivity contribution >= 4 is 39.2 Å². The molecule has 1 aromatic heterocycles. The van der Waals surface area contributed by atoms with Gasteiger partial charge in [-0.1, -0.05) is 12.8 Å². The Morgan fingerprint density at radius 1 is 1.24 bits per heavy atom. The van der Waals surface area contributed by atoms with Crippen LogP contribution in [0.3, 0.4) is 0 Å². The van der Waals surface area contributed by atoms with E-state index in [1.54, 1.807) is 17.4 Å². The molecule has 0 saturated carbocycles. The van der Waals surface area contributed by atoms with Crippen LogP contribution in [0.25, 0.3) is 6.08 Å². The number of rotatable bonds is 2. The highest BCUT2D eigenvalue weighted by molar-refractivity contribution is 9.11. The second-order valence-electron chi connectivity index (χ2n) is 4.21. The van der Waals surface area contributed by atoms with Gasteiger partial charge < -0.3 is 4.90 Å². The van der Waals surface area contributed by atoms with Gasteiger partial charge in [0.25, 0.3) is 0 Å². The highest BCUT2D eigenvalue weighted by Gasteiger charge is 2.12. The van der Waals surface area contributed by atoms with Gasteiger partial charge in [-0.25, -0.2) is 0 Å². The standard InChI is InChI=1S/C13H16BrNOS/c14-12-7-5-11(17-12)6-8-13(16)15-9-3-1-2-4-10-15/h5-8H,1-4,9-10H2/b8-6-. The lowest BCUT2D eigenvalue weighted by molar-refractivity contribution is -0.125. The van der Waals surface area contributed by atoms with Crippen LogP contribution in [-0.2, 0) is 4.79 Å². The van der Waals surface area contributed by atoms with Gasteiger partial charge >= 0.3 is 0 Å². The molecular formula is C13H16BrNOS. The molecule has 1 saturated heterocycles. The topological polar surface area (TPSA) is 20.3 Å². The molecule has 0 aliphatic carbocycles. The second kappa shape index (κ2) is 6.36. The molecule has 0 unspecified atom stereocenters. The van der Waals surface area contributed by atoms with E-state index in [-0.39, 0.29) is 5.91 Å². The van der Waals surface area contributed by atoms with Gasteiger partial charge in [-0.15, -0.1) is 11.3 Å². The second-order valence-corrected chi connectivity index (χ2v) is 6.71. The number of halogens is 1. The van der Waals surface area contributed by atoms with Crippen LogP contribution in [0.15, 0.2) is 22.0 Å². The number of carbonyl (C=O) groups is 1. The Hall–Kier alpha value is -0.610. The van der Waals surface area contributed by atoms with Crippen LogP contribution in [0, 0.1) is 0 Å². The van der Waals surface area contributed by atoms with Gasteiger partial charge in [0, 0.05) is 24.0 Å². The van der Waals surface area contributed by atoms with Crippen molar-refractivity contribution in [1.82, 2.24) is 4.90 Å². The molecule has 1 amide bonds. The zero-order valence-corrected chi connectivity index (χ0v) is 12.1. The summed E-state index contributed by atoms with van der Waals surface area (Å²) in [5.74, 6) is 0.149. The summed E-state index contributed by atoms with van der Waals surface area (Å²) in [6.45, 7) is 1.83. The summed E-state index contributed by atoms with van der Waals surface area (Å²) in [7, 11) is 0. The number of nitrogens with zero attached hydrogens (tertiary/aromatic N) is 1. The van der Waals surface area contributed by atoms with Crippen LogP contribution >= 0.6 is 27.3 Å². The summed E-state index contributed by atoms with van der Waals surface area (Å²) in [6.07, 6.45) is 8.40. The lowest BCUT2D eigenvalue weighted by Crippen LogP contribution is -2.30.